The number of amides is 1. The molecule has 9 heteroatoms. The van der Waals surface area contributed by atoms with E-state index in [2.05, 4.69) is 10.3 Å². The van der Waals surface area contributed by atoms with Crippen LogP contribution in [0, 0.1) is 6.92 Å². The zero-order chi connectivity index (χ0) is 16.2. The fraction of sp³-hybridized carbons (Fsp3) is 0.417. The minimum atomic E-state index is -3.35. The number of nitrogens with one attached hydrogen (secondary N) is 2. The maximum atomic E-state index is 11.9. The Kier molecular flexibility index (Phi) is 5.25. The Morgan fingerprint density at radius 3 is 2.48 bits per heavy atom. The van der Waals surface area contributed by atoms with Gasteiger partial charge in [0.15, 0.2) is 0 Å². The summed E-state index contributed by atoms with van der Waals surface area (Å²) in [5.41, 5.74) is -0.311. The van der Waals surface area contributed by atoms with Gasteiger partial charge in [0.05, 0.1) is 5.75 Å². The van der Waals surface area contributed by atoms with E-state index >= 15 is 0 Å². The van der Waals surface area contributed by atoms with Crippen molar-refractivity contribution in [1.82, 2.24) is 10.3 Å². The first-order valence-electron chi connectivity index (χ1n) is 6.01. The second-order valence-corrected chi connectivity index (χ2v) is 6.93. The average molecular weight is 316 g/mol. The Bertz CT molecular complexity index is 707. The molecule has 8 nitrogen and oxygen atoms in total. The number of aromatic nitrogens is 1. The third-order valence-corrected chi connectivity index (χ3v) is 3.66. The van der Waals surface area contributed by atoms with E-state index in [0.717, 1.165) is 6.26 Å². The van der Waals surface area contributed by atoms with E-state index < -0.39 is 33.3 Å². The van der Waals surface area contributed by atoms with Gasteiger partial charge in [-0.1, -0.05) is 0 Å². The fourth-order valence-electron chi connectivity index (χ4n) is 1.58. The Labute approximate surface area is 121 Å². The first kappa shape index (κ1) is 16.9. The highest BCUT2D eigenvalue weighted by Crippen LogP contribution is 2.00. The van der Waals surface area contributed by atoms with E-state index in [1.807, 2.05) is 0 Å². The lowest BCUT2D eigenvalue weighted by Gasteiger charge is -2.13. The summed E-state index contributed by atoms with van der Waals surface area (Å²) in [7, 11) is -3.35. The maximum absolute atomic E-state index is 11.9. The number of pyridine rings is 1. The summed E-state index contributed by atoms with van der Waals surface area (Å²) in [5, 5.41) is 11.1. The van der Waals surface area contributed by atoms with E-state index in [4.69, 9.17) is 5.11 Å². The van der Waals surface area contributed by atoms with E-state index in [-0.39, 0.29) is 17.7 Å². The maximum Gasteiger partial charge on any atom is 0.326 e. The van der Waals surface area contributed by atoms with Crippen molar-refractivity contribution in [3.05, 3.63) is 33.7 Å². The number of carboxylic acids is 1. The van der Waals surface area contributed by atoms with Crippen molar-refractivity contribution in [3.63, 3.8) is 0 Å². The summed E-state index contributed by atoms with van der Waals surface area (Å²) in [6, 6.07) is 1.40. The second kappa shape index (κ2) is 6.53. The zero-order valence-corrected chi connectivity index (χ0v) is 12.4. The number of aliphatic carboxylic acids is 1. The van der Waals surface area contributed by atoms with Crippen LogP contribution in [0.5, 0.6) is 0 Å². The molecule has 1 aromatic rings. The lowest BCUT2D eigenvalue weighted by molar-refractivity contribution is -0.139. The molecule has 0 saturated carbocycles. The third-order valence-electron chi connectivity index (χ3n) is 2.68. The van der Waals surface area contributed by atoms with Crippen molar-refractivity contribution >= 4 is 21.7 Å². The minimum absolute atomic E-state index is 0.230. The van der Waals surface area contributed by atoms with Crippen molar-refractivity contribution < 1.29 is 23.1 Å². The predicted octanol–water partition coefficient (Wildman–Crippen LogP) is -0.699. The highest BCUT2D eigenvalue weighted by Gasteiger charge is 2.23. The van der Waals surface area contributed by atoms with Crippen LogP contribution in [0.3, 0.4) is 0 Å². The van der Waals surface area contributed by atoms with E-state index in [1.165, 1.54) is 12.1 Å². The molecule has 1 aromatic heterocycles. The smallest absolute Gasteiger partial charge is 0.326 e. The van der Waals surface area contributed by atoms with Gasteiger partial charge in [-0.25, -0.2) is 13.2 Å². The second-order valence-electron chi connectivity index (χ2n) is 4.67. The normalized spacial score (nSPS) is 12.7. The highest BCUT2D eigenvalue weighted by atomic mass is 32.2. The molecule has 21 heavy (non-hydrogen) atoms. The largest absolute Gasteiger partial charge is 0.480 e. The molecule has 0 fully saturated rings. The van der Waals surface area contributed by atoms with E-state index in [0.29, 0.717) is 5.69 Å². The Hall–Kier alpha value is -2.16. The number of hydrogen-bond acceptors (Lipinski definition) is 5. The molecule has 0 aromatic carbocycles. The molecule has 116 valence electrons. The van der Waals surface area contributed by atoms with Crippen LogP contribution in [0.1, 0.15) is 22.5 Å². The number of H-pyrrole nitrogens is 1. The summed E-state index contributed by atoms with van der Waals surface area (Å²) in [6.45, 7) is 1.63. The van der Waals surface area contributed by atoms with Crippen molar-refractivity contribution in [3.8, 4) is 0 Å². The van der Waals surface area contributed by atoms with Crippen molar-refractivity contribution in [1.29, 1.82) is 0 Å². The summed E-state index contributed by atoms with van der Waals surface area (Å²) < 4.78 is 22.1. The zero-order valence-electron chi connectivity index (χ0n) is 11.5. The molecular formula is C12H16N2O6S. The van der Waals surface area contributed by atoms with Crippen LogP contribution >= 0.6 is 0 Å². The van der Waals surface area contributed by atoms with Crippen LogP contribution < -0.4 is 10.9 Å². The molecule has 0 aliphatic carbocycles. The van der Waals surface area contributed by atoms with Gasteiger partial charge in [0.1, 0.15) is 21.4 Å². The molecule has 0 saturated heterocycles. The molecule has 1 amide bonds. The number of carbonyl (C=O) groups excluding carboxylic acids is 1. The Balaban J connectivity index is 2.86. The number of carboxylic acid groups (broad SMARTS) is 1. The molecule has 0 radical (unpaired) electrons. The molecule has 0 spiro atoms. The van der Waals surface area contributed by atoms with Gasteiger partial charge in [0.2, 0.25) is 0 Å². The van der Waals surface area contributed by atoms with Crippen LogP contribution in [0.4, 0.5) is 0 Å². The van der Waals surface area contributed by atoms with Crippen LogP contribution in [-0.2, 0) is 14.6 Å². The molecule has 1 unspecified atom stereocenters. The molecule has 0 bridgehead atoms. The average Bonchev–Trinajstić information content (AvgIpc) is 2.32. The summed E-state index contributed by atoms with van der Waals surface area (Å²) in [5.74, 6) is -2.61. The first-order valence-corrected chi connectivity index (χ1v) is 8.07. The van der Waals surface area contributed by atoms with Gasteiger partial charge in [-0.05, 0) is 25.5 Å². The SMILES string of the molecule is Cc1ccc(C(=O)NC(CCS(C)(=O)=O)C(=O)O)c(=O)[nH]1. The number of carbonyl (C=O) groups is 2. The molecule has 0 aliphatic rings. The highest BCUT2D eigenvalue weighted by molar-refractivity contribution is 7.90. The van der Waals surface area contributed by atoms with Crippen LogP contribution in [0.2, 0.25) is 0 Å². The summed E-state index contributed by atoms with van der Waals surface area (Å²) in [4.78, 5) is 36.9. The molecule has 3 N–H and O–H groups in total. The standard InChI is InChI=1S/C12H16N2O6S/c1-7-3-4-8(10(15)13-7)11(16)14-9(12(17)18)5-6-21(2,19)20/h3-4,9H,5-6H2,1-2H3,(H,13,15)(H,14,16)(H,17,18). The summed E-state index contributed by atoms with van der Waals surface area (Å²) in [6.07, 6.45) is 0.697. The Morgan fingerprint density at radius 2 is 2.00 bits per heavy atom. The molecular weight excluding hydrogens is 300 g/mol. The third kappa shape index (κ3) is 5.38. The molecule has 0 aliphatic heterocycles. The topological polar surface area (TPSA) is 133 Å². The van der Waals surface area contributed by atoms with Crippen LogP contribution in [0.25, 0.3) is 0 Å². The summed E-state index contributed by atoms with van der Waals surface area (Å²) >= 11 is 0. The lowest BCUT2D eigenvalue weighted by Crippen LogP contribution is -2.43. The van der Waals surface area contributed by atoms with Crippen LogP contribution in [-0.4, -0.2) is 48.4 Å². The quantitative estimate of drug-likeness (QED) is 0.635. The number of aryl methyl sites for hydroxylation is 1. The van der Waals surface area contributed by atoms with Gasteiger partial charge in [-0.15, -0.1) is 0 Å². The van der Waals surface area contributed by atoms with Gasteiger partial charge in [0, 0.05) is 11.9 Å². The van der Waals surface area contributed by atoms with E-state index in [9.17, 15) is 22.8 Å². The predicted molar refractivity (Wildman–Crippen MR) is 75.0 cm³/mol. The first-order chi connectivity index (χ1) is 9.60. The van der Waals surface area contributed by atoms with Gasteiger partial charge in [-0.3, -0.25) is 9.59 Å². The monoisotopic (exact) mass is 316 g/mol. The number of hydrogen-bond donors (Lipinski definition) is 3. The van der Waals surface area contributed by atoms with Crippen LogP contribution in [0.15, 0.2) is 16.9 Å². The van der Waals surface area contributed by atoms with Gasteiger partial charge >= 0.3 is 5.97 Å². The lowest BCUT2D eigenvalue weighted by atomic mass is 10.2. The van der Waals surface area contributed by atoms with Crippen molar-refractivity contribution in [2.45, 2.75) is 19.4 Å². The number of sulfone groups is 1. The van der Waals surface area contributed by atoms with E-state index in [1.54, 1.807) is 6.92 Å². The van der Waals surface area contributed by atoms with Gasteiger partial charge in [-0.2, -0.15) is 0 Å². The molecule has 1 atom stereocenters. The molecule has 1 heterocycles. The minimum Gasteiger partial charge on any atom is -0.480 e. The van der Waals surface area contributed by atoms with Crippen molar-refractivity contribution in [2.75, 3.05) is 12.0 Å². The number of aromatic amines is 1. The van der Waals surface area contributed by atoms with Crippen molar-refractivity contribution in [2.24, 2.45) is 0 Å². The fourth-order valence-corrected chi connectivity index (χ4v) is 2.24. The Morgan fingerprint density at radius 1 is 1.38 bits per heavy atom. The number of rotatable bonds is 6. The molecule has 1 rings (SSSR count). The van der Waals surface area contributed by atoms with Gasteiger partial charge < -0.3 is 15.4 Å². The van der Waals surface area contributed by atoms with Gasteiger partial charge in [0.25, 0.3) is 11.5 Å².